The summed E-state index contributed by atoms with van der Waals surface area (Å²) < 4.78 is 7.29. The summed E-state index contributed by atoms with van der Waals surface area (Å²) in [6.45, 7) is 1.16. The van der Waals surface area contributed by atoms with Crippen LogP contribution in [0.5, 0.6) is 0 Å². The number of ether oxygens (including phenoxy) is 1. The topological polar surface area (TPSA) is 56.1 Å². The van der Waals surface area contributed by atoms with Crippen molar-refractivity contribution in [1.82, 2.24) is 19.5 Å². The van der Waals surface area contributed by atoms with Gasteiger partial charge in [-0.15, -0.1) is 0 Å². The summed E-state index contributed by atoms with van der Waals surface area (Å²) in [5.41, 5.74) is 2.26. The van der Waals surface area contributed by atoms with Crippen LogP contribution in [0.25, 0.3) is 0 Å². The van der Waals surface area contributed by atoms with Gasteiger partial charge in [-0.25, -0.2) is 15.0 Å². The molecule has 115 valence electrons. The summed E-state index contributed by atoms with van der Waals surface area (Å²) in [6.07, 6.45) is 9.98. The van der Waals surface area contributed by atoms with Gasteiger partial charge in [-0.2, -0.15) is 0 Å². The van der Waals surface area contributed by atoms with Crippen molar-refractivity contribution >= 4 is 23.3 Å². The Morgan fingerprint density at radius 3 is 2.96 bits per heavy atom. The highest BCUT2D eigenvalue weighted by molar-refractivity contribution is 7.99. The average molecular weight is 324 g/mol. The van der Waals surface area contributed by atoms with Gasteiger partial charge >= 0.3 is 0 Å². The first-order valence-electron chi connectivity index (χ1n) is 7.12. The van der Waals surface area contributed by atoms with Crippen LogP contribution in [0.2, 0.25) is 0 Å². The van der Waals surface area contributed by atoms with Gasteiger partial charge in [-0.3, -0.25) is 4.90 Å². The van der Waals surface area contributed by atoms with Crippen molar-refractivity contribution in [2.24, 2.45) is 0 Å². The van der Waals surface area contributed by atoms with E-state index in [-0.39, 0.29) is 0 Å². The number of aromatic nitrogens is 4. The maximum atomic E-state index is 5.37. The van der Waals surface area contributed by atoms with Gasteiger partial charge in [0.2, 0.25) is 0 Å². The van der Waals surface area contributed by atoms with E-state index in [1.165, 1.54) is 5.56 Å². The largest absolute Gasteiger partial charge is 0.364 e. The molecule has 4 rings (SSSR count). The average Bonchev–Trinajstić information content (AvgIpc) is 3.08. The lowest BCUT2D eigenvalue weighted by molar-refractivity contribution is 0.204. The quantitative estimate of drug-likeness (QED) is 0.735. The molecule has 0 fully saturated rings. The van der Waals surface area contributed by atoms with Crippen molar-refractivity contribution in [1.29, 1.82) is 0 Å². The van der Waals surface area contributed by atoms with Crippen LogP contribution >= 0.6 is 11.8 Å². The minimum absolute atomic E-state index is 0.430. The van der Waals surface area contributed by atoms with Crippen molar-refractivity contribution in [2.45, 2.75) is 16.5 Å². The second-order valence-electron chi connectivity index (χ2n) is 5.09. The summed E-state index contributed by atoms with van der Waals surface area (Å²) in [7, 11) is 1.68. The molecule has 0 unspecified atom stereocenters. The summed E-state index contributed by atoms with van der Waals surface area (Å²) in [5.74, 6) is 0.832. The first-order chi connectivity index (χ1) is 11.3. The Balaban J connectivity index is 1.73. The number of nitrogens with zero attached hydrogens (tertiary/aromatic N) is 5. The van der Waals surface area contributed by atoms with Crippen LogP contribution in [0.1, 0.15) is 5.56 Å². The zero-order valence-electron chi connectivity index (χ0n) is 12.5. The van der Waals surface area contributed by atoms with E-state index < -0.39 is 0 Å². The molecule has 3 aromatic rings. The third kappa shape index (κ3) is 2.69. The summed E-state index contributed by atoms with van der Waals surface area (Å²) in [5, 5.41) is 0.896. The molecule has 0 atom stereocenters. The maximum Gasteiger partial charge on any atom is 0.176 e. The molecule has 0 amide bonds. The maximum absolute atomic E-state index is 5.37. The molecule has 23 heavy (non-hydrogen) atoms. The normalized spacial score (nSPS) is 12.8. The monoisotopic (exact) mass is 324 g/mol. The minimum Gasteiger partial charge on any atom is -0.364 e. The Morgan fingerprint density at radius 2 is 2.13 bits per heavy atom. The summed E-state index contributed by atoms with van der Waals surface area (Å²) >= 11 is 1.63. The number of anilines is 2. The van der Waals surface area contributed by atoms with Crippen LogP contribution in [-0.4, -0.2) is 33.4 Å². The molecule has 1 aliphatic heterocycles. The third-order valence-electron chi connectivity index (χ3n) is 3.54. The molecule has 0 saturated heterocycles. The second kappa shape index (κ2) is 6.02. The van der Waals surface area contributed by atoms with Crippen molar-refractivity contribution < 1.29 is 4.74 Å². The SMILES string of the molecule is COCN1c2cc(Cn3[c]ncc3)ccc2Sc2nccnc21. The highest BCUT2D eigenvalue weighted by Gasteiger charge is 2.25. The van der Waals surface area contributed by atoms with Gasteiger partial charge < -0.3 is 9.30 Å². The van der Waals surface area contributed by atoms with Gasteiger partial charge in [0, 0.05) is 43.3 Å². The number of methoxy groups -OCH3 is 1. The van der Waals surface area contributed by atoms with Crippen molar-refractivity contribution in [3.05, 3.63) is 54.9 Å². The lowest BCUT2D eigenvalue weighted by atomic mass is 10.2. The van der Waals surface area contributed by atoms with E-state index in [2.05, 4.69) is 44.4 Å². The van der Waals surface area contributed by atoms with E-state index in [9.17, 15) is 0 Å². The first kappa shape index (κ1) is 14.2. The predicted octanol–water partition coefficient (Wildman–Crippen LogP) is 2.73. The number of imidazole rings is 1. The second-order valence-corrected chi connectivity index (χ2v) is 6.12. The van der Waals surface area contributed by atoms with Crippen molar-refractivity contribution in [2.75, 3.05) is 18.7 Å². The van der Waals surface area contributed by atoms with E-state index in [4.69, 9.17) is 4.74 Å². The van der Waals surface area contributed by atoms with E-state index >= 15 is 0 Å². The van der Waals surface area contributed by atoms with Crippen LogP contribution in [0.3, 0.4) is 0 Å². The lowest BCUT2D eigenvalue weighted by Crippen LogP contribution is -2.24. The van der Waals surface area contributed by atoms with Crippen LogP contribution < -0.4 is 4.90 Å². The molecule has 3 heterocycles. The van der Waals surface area contributed by atoms with Crippen molar-refractivity contribution in [3.8, 4) is 0 Å². The Hall–Kier alpha value is -2.38. The number of rotatable bonds is 4. The van der Waals surface area contributed by atoms with E-state index in [1.807, 2.05) is 10.8 Å². The highest BCUT2D eigenvalue weighted by Crippen LogP contribution is 2.46. The van der Waals surface area contributed by atoms with Crippen LogP contribution in [0.4, 0.5) is 11.5 Å². The van der Waals surface area contributed by atoms with Crippen LogP contribution in [-0.2, 0) is 11.3 Å². The van der Waals surface area contributed by atoms with Gasteiger partial charge in [0.25, 0.3) is 0 Å². The molecule has 6 nitrogen and oxygen atoms in total. The number of benzene rings is 1. The Bertz CT molecular complexity index is 821. The van der Waals surface area contributed by atoms with Gasteiger partial charge in [0.15, 0.2) is 12.1 Å². The fraction of sp³-hybridized carbons (Fsp3) is 0.188. The molecule has 0 aliphatic carbocycles. The standard InChI is InChI=1S/C16H14N5OS/c1-22-11-21-13-8-12(9-20-7-6-17-10-20)2-3-14(13)23-16-15(21)18-4-5-19-16/h2-8H,9,11H2,1H3. The van der Waals surface area contributed by atoms with Gasteiger partial charge in [-0.05, 0) is 17.7 Å². The smallest absolute Gasteiger partial charge is 0.176 e. The molecular weight excluding hydrogens is 310 g/mol. The fourth-order valence-corrected chi connectivity index (χ4v) is 3.54. The molecule has 2 aromatic heterocycles. The van der Waals surface area contributed by atoms with Gasteiger partial charge in [0.05, 0.1) is 5.69 Å². The minimum atomic E-state index is 0.430. The summed E-state index contributed by atoms with van der Waals surface area (Å²) in [4.78, 5) is 16.0. The van der Waals surface area contributed by atoms with Crippen LogP contribution in [0, 0.1) is 6.33 Å². The lowest BCUT2D eigenvalue weighted by Gasteiger charge is -2.30. The Labute approximate surface area is 138 Å². The number of hydrogen-bond acceptors (Lipinski definition) is 6. The first-order valence-corrected chi connectivity index (χ1v) is 7.94. The molecule has 0 N–H and O–H groups in total. The molecular formula is C16H14N5OS. The molecule has 0 saturated carbocycles. The number of hydrogen-bond donors (Lipinski definition) is 0. The van der Waals surface area contributed by atoms with E-state index in [0.717, 1.165) is 28.0 Å². The van der Waals surface area contributed by atoms with E-state index in [0.29, 0.717) is 6.73 Å². The predicted molar refractivity (Wildman–Crippen MR) is 86.8 cm³/mol. The molecule has 0 bridgehead atoms. The zero-order valence-corrected chi connectivity index (χ0v) is 13.3. The fourth-order valence-electron chi connectivity index (χ4n) is 2.55. The molecule has 0 spiro atoms. The molecule has 1 aromatic carbocycles. The zero-order chi connectivity index (χ0) is 15.6. The third-order valence-corrected chi connectivity index (χ3v) is 4.59. The Kier molecular flexibility index (Phi) is 3.72. The molecule has 1 aliphatic rings. The summed E-state index contributed by atoms with van der Waals surface area (Å²) in [6, 6.07) is 6.39. The van der Waals surface area contributed by atoms with Crippen molar-refractivity contribution in [3.63, 3.8) is 0 Å². The molecule has 1 radical (unpaired) electrons. The van der Waals surface area contributed by atoms with Gasteiger partial charge in [-0.1, -0.05) is 17.8 Å². The molecule has 7 heteroatoms. The van der Waals surface area contributed by atoms with Crippen LogP contribution in [0.15, 0.2) is 52.9 Å². The van der Waals surface area contributed by atoms with E-state index in [1.54, 1.807) is 37.5 Å². The number of fused-ring (bicyclic) bond motifs is 2. The highest BCUT2D eigenvalue weighted by atomic mass is 32.2. The van der Waals surface area contributed by atoms with Gasteiger partial charge in [0.1, 0.15) is 11.8 Å². The Morgan fingerprint density at radius 1 is 1.22 bits per heavy atom.